The number of nitrogens with one attached hydrogen (secondary N) is 1. The molecular formula is C11H20N2. The lowest BCUT2D eigenvalue weighted by atomic mass is 10.1. The fraction of sp³-hybridized carbons (Fsp3) is 0.818. The molecule has 0 radical (unpaired) electrons. The van der Waals surface area contributed by atoms with Crippen molar-refractivity contribution in [3.05, 3.63) is 12.7 Å². The Bertz CT molecular complexity index is 179. The van der Waals surface area contributed by atoms with Crippen molar-refractivity contribution in [2.24, 2.45) is 0 Å². The zero-order chi connectivity index (χ0) is 9.10. The molecule has 0 spiro atoms. The van der Waals surface area contributed by atoms with E-state index in [1.807, 2.05) is 6.08 Å². The lowest BCUT2D eigenvalue weighted by Crippen LogP contribution is -2.39. The van der Waals surface area contributed by atoms with Crippen molar-refractivity contribution < 1.29 is 0 Å². The Kier molecular flexibility index (Phi) is 3.01. The van der Waals surface area contributed by atoms with E-state index in [-0.39, 0.29) is 0 Å². The topological polar surface area (TPSA) is 15.3 Å². The van der Waals surface area contributed by atoms with Gasteiger partial charge in [0.2, 0.25) is 0 Å². The van der Waals surface area contributed by atoms with Crippen LogP contribution in [0.15, 0.2) is 12.7 Å². The third-order valence-corrected chi connectivity index (χ3v) is 3.36. The predicted molar refractivity (Wildman–Crippen MR) is 55.8 cm³/mol. The van der Waals surface area contributed by atoms with E-state index < -0.39 is 0 Å². The van der Waals surface area contributed by atoms with Gasteiger partial charge >= 0.3 is 0 Å². The molecule has 0 aromatic rings. The first-order valence-corrected chi connectivity index (χ1v) is 5.50. The molecule has 2 nitrogen and oxygen atoms in total. The summed E-state index contributed by atoms with van der Waals surface area (Å²) < 4.78 is 0. The first-order chi connectivity index (χ1) is 6.42. The van der Waals surface area contributed by atoms with Crippen LogP contribution in [0.1, 0.15) is 25.7 Å². The summed E-state index contributed by atoms with van der Waals surface area (Å²) in [5.74, 6) is 0. The van der Waals surface area contributed by atoms with Gasteiger partial charge in [-0.3, -0.25) is 4.90 Å². The zero-order valence-corrected chi connectivity index (χ0v) is 8.34. The largest absolute Gasteiger partial charge is 0.312 e. The number of hydrogen-bond donors (Lipinski definition) is 1. The van der Waals surface area contributed by atoms with Gasteiger partial charge in [-0.05, 0) is 38.8 Å². The standard InChI is InChI=1S/C11H20N2/c1-2-3-7-12-10-6-9-13-8-4-5-11(10)13/h2,10-12H,1,3-9H2. The second-order valence-electron chi connectivity index (χ2n) is 4.17. The van der Waals surface area contributed by atoms with E-state index in [4.69, 9.17) is 0 Å². The molecule has 74 valence electrons. The van der Waals surface area contributed by atoms with Crippen LogP contribution in [0.3, 0.4) is 0 Å². The maximum Gasteiger partial charge on any atom is 0.0250 e. The van der Waals surface area contributed by atoms with E-state index >= 15 is 0 Å². The van der Waals surface area contributed by atoms with E-state index in [0.717, 1.165) is 25.0 Å². The lowest BCUT2D eigenvalue weighted by molar-refractivity contribution is 0.300. The molecule has 2 heterocycles. The summed E-state index contributed by atoms with van der Waals surface area (Å²) in [6, 6.07) is 1.62. The van der Waals surface area contributed by atoms with Crippen LogP contribution in [-0.2, 0) is 0 Å². The number of fused-ring (bicyclic) bond motifs is 1. The summed E-state index contributed by atoms with van der Waals surface area (Å²) in [5, 5.41) is 3.64. The number of hydrogen-bond acceptors (Lipinski definition) is 2. The Hall–Kier alpha value is -0.340. The zero-order valence-electron chi connectivity index (χ0n) is 8.34. The molecule has 2 saturated heterocycles. The molecule has 0 amide bonds. The van der Waals surface area contributed by atoms with Crippen molar-refractivity contribution in [3.63, 3.8) is 0 Å². The summed E-state index contributed by atoms with van der Waals surface area (Å²) in [6.07, 6.45) is 7.26. The van der Waals surface area contributed by atoms with Crippen molar-refractivity contribution in [3.8, 4) is 0 Å². The first kappa shape index (κ1) is 9.22. The molecule has 0 bridgehead atoms. The monoisotopic (exact) mass is 180 g/mol. The molecule has 13 heavy (non-hydrogen) atoms. The molecule has 0 aromatic heterocycles. The SMILES string of the molecule is C=CCCNC1CCN2CCCC12. The van der Waals surface area contributed by atoms with Crippen LogP contribution in [0.25, 0.3) is 0 Å². The van der Waals surface area contributed by atoms with Crippen LogP contribution in [0.4, 0.5) is 0 Å². The average Bonchev–Trinajstić information content (AvgIpc) is 2.68. The maximum absolute atomic E-state index is 3.74. The van der Waals surface area contributed by atoms with Gasteiger partial charge in [0.1, 0.15) is 0 Å². The third kappa shape index (κ3) is 1.94. The van der Waals surface area contributed by atoms with Gasteiger partial charge in [0.05, 0.1) is 0 Å². The second kappa shape index (κ2) is 4.25. The maximum atomic E-state index is 3.74. The van der Waals surface area contributed by atoms with Crippen molar-refractivity contribution in [1.82, 2.24) is 10.2 Å². The molecule has 1 N–H and O–H groups in total. The highest BCUT2D eigenvalue weighted by Gasteiger charge is 2.36. The molecule has 2 atom stereocenters. The van der Waals surface area contributed by atoms with Gasteiger partial charge in [0.25, 0.3) is 0 Å². The lowest BCUT2D eigenvalue weighted by Gasteiger charge is -2.20. The molecule has 2 unspecified atom stereocenters. The van der Waals surface area contributed by atoms with Crippen LogP contribution < -0.4 is 5.32 Å². The Balaban J connectivity index is 1.76. The van der Waals surface area contributed by atoms with Crippen LogP contribution in [0.5, 0.6) is 0 Å². The number of rotatable bonds is 4. The Labute approximate surface area is 81.0 Å². The number of nitrogens with zero attached hydrogens (tertiary/aromatic N) is 1. The van der Waals surface area contributed by atoms with E-state index in [1.54, 1.807) is 0 Å². The molecule has 2 aliphatic heterocycles. The van der Waals surface area contributed by atoms with E-state index in [2.05, 4.69) is 16.8 Å². The predicted octanol–water partition coefficient (Wildman–Crippen LogP) is 1.39. The fourth-order valence-corrected chi connectivity index (χ4v) is 2.69. The van der Waals surface area contributed by atoms with Gasteiger partial charge < -0.3 is 5.32 Å². The molecule has 2 heteroatoms. The smallest absolute Gasteiger partial charge is 0.0250 e. The Morgan fingerprint density at radius 3 is 3.15 bits per heavy atom. The first-order valence-electron chi connectivity index (χ1n) is 5.50. The summed E-state index contributed by atoms with van der Waals surface area (Å²) in [7, 11) is 0. The minimum absolute atomic E-state index is 0.766. The summed E-state index contributed by atoms with van der Waals surface area (Å²) in [4.78, 5) is 2.64. The minimum Gasteiger partial charge on any atom is -0.312 e. The van der Waals surface area contributed by atoms with E-state index in [1.165, 1.54) is 32.4 Å². The normalized spacial score (nSPS) is 33.5. The van der Waals surface area contributed by atoms with Crippen molar-refractivity contribution in [2.45, 2.75) is 37.8 Å². The van der Waals surface area contributed by atoms with Crippen LogP contribution in [-0.4, -0.2) is 36.6 Å². The van der Waals surface area contributed by atoms with Gasteiger partial charge in [-0.1, -0.05) is 6.08 Å². The molecule has 2 rings (SSSR count). The fourth-order valence-electron chi connectivity index (χ4n) is 2.69. The van der Waals surface area contributed by atoms with Crippen LogP contribution in [0, 0.1) is 0 Å². The molecule has 0 aromatic carbocycles. The van der Waals surface area contributed by atoms with Gasteiger partial charge in [-0.15, -0.1) is 6.58 Å². The molecular weight excluding hydrogens is 160 g/mol. The van der Waals surface area contributed by atoms with Gasteiger partial charge in [-0.25, -0.2) is 0 Å². The van der Waals surface area contributed by atoms with E-state index in [0.29, 0.717) is 0 Å². The van der Waals surface area contributed by atoms with Crippen molar-refractivity contribution >= 4 is 0 Å². The quantitative estimate of drug-likeness (QED) is 0.519. The highest BCUT2D eigenvalue weighted by Crippen LogP contribution is 2.27. The average molecular weight is 180 g/mol. The van der Waals surface area contributed by atoms with Gasteiger partial charge in [-0.2, -0.15) is 0 Å². The Morgan fingerprint density at radius 1 is 1.38 bits per heavy atom. The minimum atomic E-state index is 0.766. The highest BCUT2D eigenvalue weighted by molar-refractivity contribution is 4.95. The van der Waals surface area contributed by atoms with Crippen molar-refractivity contribution in [2.75, 3.05) is 19.6 Å². The third-order valence-electron chi connectivity index (χ3n) is 3.36. The van der Waals surface area contributed by atoms with Crippen LogP contribution in [0.2, 0.25) is 0 Å². The molecule has 2 fully saturated rings. The summed E-state index contributed by atoms with van der Waals surface area (Å²) in [6.45, 7) is 7.50. The summed E-state index contributed by atoms with van der Waals surface area (Å²) in [5.41, 5.74) is 0. The summed E-state index contributed by atoms with van der Waals surface area (Å²) >= 11 is 0. The van der Waals surface area contributed by atoms with E-state index in [9.17, 15) is 0 Å². The van der Waals surface area contributed by atoms with Crippen LogP contribution >= 0.6 is 0 Å². The van der Waals surface area contributed by atoms with Gasteiger partial charge in [0, 0.05) is 18.6 Å². The molecule has 2 aliphatic rings. The van der Waals surface area contributed by atoms with Gasteiger partial charge in [0.15, 0.2) is 0 Å². The Morgan fingerprint density at radius 2 is 2.31 bits per heavy atom. The second-order valence-corrected chi connectivity index (χ2v) is 4.17. The highest BCUT2D eigenvalue weighted by atomic mass is 15.2. The van der Waals surface area contributed by atoms with Crippen molar-refractivity contribution in [1.29, 1.82) is 0 Å². The molecule has 0 saturated carbocycles. The molecule has 0 aliphatic carbocycles.